The monoisotopic (exact) mass is 418 g/mol. The molecule has 2 unspecified atom stereocenters. The number of ether oxygens (including phenoxy) is 1. The maximum absolute atomic E-state index is 13.2. The van der Waals surface area contributed by atoms with Crippen LogP contribution in [0.5, 0.6) is 0 Å². The van der Waals surface area contributed by atoms with Crippen molar-refractivity contribution in [3.8, 4) is 0 Å². The maximum Gasteiger partial charge on any atom is 0.415 e. The number of carboxylic acids is 1. The van der Waals surface area contributed by atoms with E-state index < -0.39 is 52.7 Å². The summed E-state index contributed by atoms with van der Waals surface area (Å²) < 4.78 is 6.03. The Balaban J connectivity index is 2.27. The lowest BCUT2D eigenvalue weighted by Crippen LogP contribution is -2.63. The van der Waals surface area contributed by atoms with Crippen molar-refractivity contribution in [2.75, 3.05) is 4.90 Å². The van der Waals surface area contributed by atoms with Crippen LogP contribution in [0.1, 0.15) is 48.0 Å². The van der Waals surface area contributed by atoms with Crippen molar-refractivity contribution in [3.63, 3.8) is 0 Å². The van der Waals surface area contributed by atoms with E-state index in [1.54, 1.807) is 17.0 Å². The van der Waals surface area contributed by atoms with Gasteiger partial charge in [0.1, 0.15) is 6.04 Å². The second-order valence-electron chi connectivity index (χ2n) is 10.3. The molecule has 8 nitrogen and oxygen atoms in total. The first-order valence-electron chi connectivity index (χ1n) is 10.0. The molecule has 0 bridgehead atoms. The molecule has 2 heterocycles. The number of hydrogen-bond acceptors (Lipinski definition) is 4. The number of hydrogen-bond donors (Lipinski definition) is 2. The van der Waals surface area contributed by atoms with Crippen molar-refractivity contribution in [1.29, 1.82) is 0 Å². The number of carbonyl (C=O) groups excluding carboxylic acids is 1. The van der Waals surface area contributed by atoms with Gasteiger partial charge in [0.25, 0.3) is 0 Å². The molecular formula is C22H30N2O6. The Kier molecular flexibility index (Phi) is 5.04. The fourth-order valence-corrected chi connectivity index (χ4v) is 5.44. The molecule has 1 aromatic carbocycles. The summed E-state index contributed by atoms with van der Waals surface area (Å²) in [5.41, 5.74) is -1.89. The average molecular weight is 418 g/mol. The Labute approximate surface area is 176 Å². The molecule has 164 valence electrons. The lowest BCUT2D eigenvalue weighted by molar-refractivity contribution is -0.142. The van der Waals surface area contributed by atoms with Crippen LogP contribution in [0.25, 0.3) is 0 Å². The molecule has 2 fully saturated rings. The molecule has 8 heteroatoms. The van der Waals surface area contributed by atoms with Crippen LogP contribution >= 0.6 is 0 Å². The highest BCUT2D eigenvalue weighted by molar-refractivity contribution is 5.92. The predicted octanol–water partition coefficient (Wildman–Crippen LogP) is 4.05. The van der Waals surface area contributed by atoms with Crippen molar-refractivity contribution >= 4 is 23.8 Å². The second kappa shape index (κ2) is 6.89. The third kappa shape index (κ3) is 3.28. The normalized spacial score (nSPS) is 29.4. The molecule has 1 spiro atoms. The van der Waals surface area contributed by atoms with Crippen LogP contribution in [0, 0.1) is 10.8 Å². The Morgan fingerprint density at radius 1 is 1.00 bits per heavy atom. The van der Waals surface area contributed by atoms with E-state index in [-0.39, 0.29) is 6.42 Å². The molecular weight excluding hydrogens is 388 g/mol. The van der Waals surface area contributed by atoms with E-state index in [1.165, 1.54) is 0 Å². The summed E-state index contributed by atoms with van der Waals surface area (Å²) in [6, 6.07) is 6.33. The minimum atomic E-state index is -1.33. The number of nitrogens with zero attached hydrogens (tertiary/aromatic N) is 2. The third-order valence-corrected chi connectivity index (χ3v) is 5.97. The van der Waals surface area contributed by atoms with E-state index >= 15 is 0 Å². The molecule has 2 aliphatic heterocycles. The fraction of sp³-hybridized carbons (Fsp3) is 0.591. The van der Waals surface area contributed by atoms with Gasteiger partial charge < -0.3 is 14.9 Å². The lowest BCUT2D eigenvalue weighted by atomic mass is 9.66. The summed E-state index contributed by atoms with van der Waals surface area (Å²) in [7, 11) is 0. The van der Waals surface area contributed by atoms with Crippen molar-refractivity contribution < 1.29 is 29.3 Å². The zero-order valence-corrected chi connectivity index (χ0v) is 18.2. The highest BCUT2D eigenvalue weighted by Gasteiger charge is 2.72. The average Bonchev–Trinajstić information content (AvgIpc) is 3.10. The van der Waals surface area contributed by atoms with Gasteiger partial charge in [-0.15, -0.1) is 0 Å². The number of likely N-dealkylation sites (tertiary alicyclic amines) is 1. The van der Waals surface area contributed by atoms with Crippen molar-refractivity contribution in [2.24, 2.45) is 10.8 Å². The molecule has 4 atom stereocenters. The Hall–Kier alpha value is -2.77. The zero-order chi connectivity index (χ0) is 22.6. The predicted molar refractivity (Wildman–Crippen MR) is 111 cm³/mol. The number of rotatable bonds is 2. The molecule has 1 aromatic rings. The van der Waals surface area contributed by atoms with Crippen LogP contribution < -0.4 is 4.90 Å². The first-order chi connectivity index (χ1) is 13.7. The van der Waals surface area contributed by atoms with Gasteiger partial charge in [-0.05, 0) is 23.0 Å². The number of para-hydroxylation sites is 1. The van der Waals surface area contributed by atoms with Crippen molar-refractivity contribution in [1.82, 2.24) is 4.90 Å². The van der Waals surface area contributed by atoms with Gasteiger partial charge in [0.2, 0.25) is 0 Å². The lowest BCUT2D eigenvalue weighted by Gasteiger charge is -2.47. The minimum Gasteiger partial charge on any atom is -0.480 e. The van der Waals surface area contributed by atoms with Gasteiger partial charge in [-0.2, -0.15) is 0 Å². The molecule has 2 saturated heterocycles. The molecule has 0 aliphatic carbocycles. The van der Waals surface area contributed by atoms with Gasteiger partial charge >= 0.3 is 18.2 Å². The van der Waals surface area contributed by atoms with E-state index in [9.17, 15) is 24.6 Å². The first-order valence-corrected chi connectivity index (χ1v) is 10.0. The van der Waals surface area contributed by atoms with E-state index in [0.717, 1.165) is 4.90 Å². The van der Waals surface area contributed by atoms with Gasteiger partial charge in [0, 0.05) is 12.1 Å². The van der Waals surface area contributed by atoms with Gasteiger partial charge in [0.15, 0.2) is 5.60 Å². The van der Waals surface area contributed by atoms with E-state index in [1.807, 2.05) is 59.7 Å². The Morgan fingerprint density at radius 3 is 1.97 bits per heavy atom. The first kappa shape index (κ1) is 21.9. The van der Waals surface area contributed by atoms with Crippen molar-refractivity contribution in [2.45, 2.75) is 71.7 Å². The maximum atomic E-state index is 13.2. The zero-order valence-electron chi connectivity index (χ0n) is 18.2. The molecule has 0 radical (unpaired) electrons. The highest BCUT2D eigenvalue weighted by Crippen LogP contribution is 2.55. The smallest absolute Gasteiger partial charge is 0.415 e. The summed E-state index contributed by atoms with van der Waals surface area (Å²) in [5.74, 6) is -1.25. The van der Waals surface area contributed by atoms with Gasteiger partial charge in [-0.25, -0.2) is 14.4 Å². The van der Waals surface area contributed by atoms with Crippen molar-refractivity contribution in [3.05, 3.63) is 30.3 Å². The van der Waals surface area contributed by atoms with Crippen LogP contribution in [0.4, 0.5) is 15.3 Å². The number of aliphatic carboxylic acids is 1. The topological polar surface area (TPSA) is 107 Å². The van der Waals surface area contributed by atoms with E-state index in [2.05, 4.69) is 0 Å². The number of anilines is 1. The van der Waals surface area contributed by atoms with Crippen LogP contribution in [0.3, 0.4) is 0 Å². The quantitative estimate of drug-likeness (QED) is 0.750. The van der Waals surface area contributed by atoms with Crippen LogP contribution in [0.15, 0.2) is 30.3 Å². The molecule has 30 heavy (non-hydrogen) atoms. The third-order valence-electron chi connectivity index (χ3n) is 5.97. The van der Waals surface area contributed by atoms with E-state index in [0.29, 0.717) is 5.69 Å². The summed E-state index contributed by atoms with van der Waals surface area (Å²) in [6.07, 6.45) is -2.03. The summed E-state index contributed by atoms with van der Waals surface area (Å²) >= 11 is 0. The SMILES string of the molecule is CC(C)(C)C1N(c2ccccc2)C(=O)O[C@@]12C[C@@H](C(=O)O)N(C(=O)O)C2C(C)(C)C. The van der Waals surface area contributed by atoms with Crippen LogP contribution in [0.2, 0.25) is 0 Å². The second-order valence-corrected chi connectivity index (χ2v) is 10.3. The molecule has 3 rings (SSSR count). The van der Waals surface area contributed by atoms with Gasteiger partial charge in [-0.3, -0.25) is 9.80 Å². The summed E-state index contributed by atoms with van der Waals surface area (Å²) in [4.78, 5) is 40.0. The number of carboxylic acid groups (broad SMARTS) is 2. The highest BCUT2D eigenvalue weighted by atomic mass is 16.6. The number of carbonyl (C=O) groups is 3. The molecule has 2 amide bonds. The number of amides is 2. The van der Waals surface area contributed by atoms with Crippen LogP contribution in [-0.2, 0) is 9.53 Å². The van der Waals surface area contributed by atoms with Gasteiger partial charge in [-0.1, -0.05) is 59.7 Å². The summed E-state index contributed by atoms with van der Waals surface area (Å²) in [6.45, 7) is 11.4. The summed E-state index contributed by atoms with van der Waals surface area (Å²) in [5, 5.41) is 19.8. The standard InChI is InChI=1S/C22H30N2O6/c1-20(2,3)16-22(30-19(29)23(16)13-10-8-7-9-11-13)12-14(15(25)26)24(18(27)28)17(22)21(4,5)6/h7-11,14,16-17H,12H2,1-6H3,(H,25,26)(H,27,28)/t14-,16?,17?,22-/m0/s1. The van der Waals surface area contributed by atoms with E-state index in [4.69, 9.17) is 4.74 Å². The molecule has 2 aliphatic rings. The van der Waals surface area contributed by atoms with Gasteiger partial charge in [0.05, 0.1) is 12.1 Å². The molecule has 0 aromatic heterocycles. The minimum absolute atomic E-state index is 0.104. The Bertz CT molecular complexity index is 857. The fourth-order valence-electron chi connectivity index (χ4n) is 5.44. The van der Waals surface area contributed by atoms with Crippen LogP contribution in [-0.4, -0.2) is 57.0 Å². The number of benzene rings is 1. The molecule has 2 N–H and O–H groups in total. The largest absolute Gasteiger partial charge is 0.480 e. The molecule has 0 saturated carbocycles. The Morgan fingerprint density at radius 2 is 1.53 bits per heavy atom.